The molecule has 0 spiro atoms. The van der Waals surface area contributed by atoms with Gasteiger partial charge in [-0.15, -0.1) is 0 Å². The highest BCUT2D eigenvalue weighted by atomic mass is 19.1. The summed E-state index contributed by atoms with van der Waals surface area (Å²) in [4.78, 5) is 17.2. The van der Waals surface area contributed by atoms with Gasteiger partial charge in [0.1, 0.15) is 17.0 Å². The van der Waals surface area contributed by atoms with Crippen LogP contribution in [0, 0.1) is 11.7 Å². The molecule has 1 aromatic carbocycles. The van der Waals surface area contributed by atoms with Gasteiger partial charge in [-0.25, -0.2) is 9.37 Å². The molecule has 0 radical (unpaired) electrons. The number of H-pyrrole nitrogens is 2. The number of benzene rings is 1. The largest absolute Gasteiger partial charge is 0.358 e. The Labute approximate surface area is 212 Å². The zero-order valence-corrected chi connectivity index (χ0v) is 20.4. The van der Waals surface area contributed by atoms with Crippen LogP contribution >= 0.6 is 0 Å². The first-order valence-electron chi connectivity index (χ1n) is 12.0. The lowest BCUT2D eigenvalue weighted by Crippen LogP contribution is -2.04. The maximum absolute atomic E-state index is 14.5. The van der Waals surface area contributed by atoms with Crippen molar-refractivity contribution >= 4 is 27.6 Å². The fraction of sp³-hybridized carbons (Fsp3) is 0.103. The number of nitrogens with zero attached hydrogens (tertiary/aromatic N) is 4. The number of halogens is 1. The lowest BCUT2D eigenvalue weighted by molar-refractivity contribution is 0.631. The molecule has 8 heteroatoms. The van der Waals surface area contributed by atoms with Crippen LogP contribution < -0.4 is 5.32 Å². The first-order valence-corrected chi connectivity index (χ1v) is 12.0. The van der Waals surface area contributed by atoms with Gasteiger partial charge in [0.2, 0.25) is 0 Å². The van der Waals surface area contributed by atoms with Crippen molar-refractivity contribution < 1.29 is 4.39 Å². The molecule has 3 N–H and O–H groups in total. The summed E-state index contributed by atoms with van der Waals surface area (Å²) in [6, 6.07) is 16.3. The van der Waals surface area contributed by atoms with Crippen molar-refractivity contribution in [1.29, 1.82) is 0 Å². The molecule has 0 bridgehead atoms. The molecule has 7 nitrogen and oxygen atoms in total. The van der Waals surface area contributed by atoms with Gasteiger partial charge in [0.25, 0.3) is 0 Å². The van der Waals surface area contributed by atoms with Crippen molar-refractivity contribution in [3.05, 3.63) is 91.3 Å². The molecule has 0 aliphatic carbocycles. The van der Waals surface area contributed by atoms with Crippen LogP contribution in [0.25, 0.3) is 55.8 Å². The van der Waals surface area contributed by atoms with Gasteiger partial charge in [0.05, 0.1) is 34.5 Å². The zero-order chi connectivity index (χ0) is 25.5. The maximum Gasteiger partial charge on any atom is 0.135 e. The predicted molar refractivity (Wildman–Crippen MR) is 145 cm³/mol. The number of aromatic amines is 2. The van der Waals surface area contributed by atoms with E-state index in [1.807, 2.05) is 30.3 Å². The maximum atomic E-state index is 14.5. The van der Waals surface area contributed by atoms with Gasteiger partial charge in [-0.2, -0.15) is 5.10 Å². The predicted octanol–water partition coefficient (Wildman–Crippen LogP) is 6.95. The molecule has 0 aliphatic rings. The lowest BCUT2D eigenvalue weighted by Gasteiger charge is -2.13. The van der Waals surface area contributed by atoms with Crippen LogP contribution in [-0.4, -0.2) is 30.1 Å². The number of pyridine rings is 3. The van der Waals surface area contributed by atoms with E-state index in [4.69, 9.17) is 4.98 Å². The molecular weight excluding hydrogens is 465 g/mol. The summed E-state index contributed by atoms with van der Waals surface area (Å²) >= 11 is 0. The van der Waals surface area contributed by atoms with Crippen molar-refractivity contribution in [3.63, 3.8) is 0 Å². The number of hydrogen-bond donors (Lipinski definition) is 3. The Morgan fingerprint density at radius 1 is 1.00 bits per heavy atom. The van der Waals surface area contributed by atoms with Gasteiger partial charge in [-0.1, -0.05) is 32.6 Å². The molecule has 0 saturated carbocycles. The van der Waals surface area contributed by atoms with Crippen molar-refractivity contribution in [3.8, 4) is 33.9 Å². The van der Waals surface area contributed by atoms with Gasteiger partial charge in [-0.05, 0) is 48.4 Å². The first kappa shape index (κ1) is 22.6. The van der Waals surface area contributed by atoms with Gasteiger partial charge in [0.15, 0.2) is 0 Å². The topological polar surface area (TPSA) is 95.2 Å². The van der Waals surface area contributed by atoms with E-state index in [1.165, 1.54) is 6.07 Å². The summed E-state index contributed by atoms with van der Waals surface area (Å²) in [6.07, 6.45) is 5.22. The van der Waals surface area contributed by atoms with Gasteiger partial charge >= 0.3 is 0 Å². The molecule has 6 rings (SSSR count). The average Bonchev–Trinajstić information content (AvgIpc) is 3.53. The summed E-state index contributed by atoms with van der Waals surface area (Å²) in [5.41, 5.74) is 8.23. The Bertz CT molecular complexity index is 1780. The number of rotatable bonds is 6. The van der Waals surface area contributed by atoms with Gasteiger partial charge in [-0.3, -0.25) is 15.1 Å². The highest BCUT2D eigenvalue weighted by Crippen LogP contribution is 2.34. The van der Waals surface area contributed by atoms with Crippen molar-refractivity contribution in [2.45, 2.75) is 13.8 Å². The van der Waals surface area contributed by atoms with E-state index in [2.05, 4.69) is 50.9 Å². The Balaban J connectivity index is 1.42. The molecule has 37 heavy (non-hydrogen) atoms. The fourth-order valence-electron chi connectivity index (χ4n) is 4.27. The first-order chi connectivity index (χ1) is 18.0. The molecule has 0 atom stereocenters. The van der Waals surface area contributed by atoms with E-state index >= 15 is 0 Å². The number of hydrogen-bond acceptors (Lipinski definition) is 5. The minimum Gasteiger partial charge on any atom is -0.358 e. The Kier molecular flexibility index (Phi) is 5.49. The number of aromatic nitrogens is 6. The van der Waals surface area contributed by atoms with Crippen LogP contribution in [0.2, 0.25) is 0 Å². The Morgan fingerprint density at radius 3 is 2.70 bits per heavy atom. The number of nitrogens with one attached hydrogen (secondary N) is 3. The van der Waals surface area contributed by atoms with E-state index in [0.29, 0.717) is 22.9 Å². The SMILES string of the molecule is C=C(Nc1cncc(-c2ccc3[nH]nc(-c4cc5c(-c6ccccc6F)nccc5[nH]4)c3n2)c1)C(C)C. The van der Waals surface area contributed by atoms with Crippen LogP contribution in [0.5, 0.6) is 0 Å². The molecule has 0 amide bonds. The highest BCUT2D eigenvalue weighted by Gasteiger charge is 2.17. The van der Waals surface area contributed by atoms with Crippen molar-refractivity contribution in [2.75, 3.05) is 5.32 Å². The lowest BCUT2D eigenvalue weighted by atomic mass is 10.1. The second-order valence-corrected chi connectivity index (χ2v) is 9.22. The average molecular weight is 490 g/mol. The third kappa shape index (κ3) is 4.12. The smallest absolute Gasteiger partial charge is 0.135 e. The second kappa shape index (κ2) is 8.98. The second-order valence-electron chi connectivity index (χ2n) is 9.22. The molecule has 0 aliphatic heterocycles. The summed E-state index contributed by atoms with van der Waals surface area (Å²) in [5.74, 6) is -0.0129. The molecule has 0 saturated heterocycles. The standard InChI is InChI=1S/C29H24FN7/c1-16(2)17(3)33-19-12-18(14-31-15-19)23-8-9-25-28(35-23)29(37-36-25)26-13-21-24(34-26)10-11-32-27(21)20-6-4-5-7-22(20)30/h4-16,33-34H,3H2,1-2H3,(H,36,37). The van der Waals surface area contributed by atoms with Crippen LogP contribution in [0.3, 0.4) is 0 Å². The number of anilines is 1. The molecule has 0 fully saturated rings. The van der Waals surface area contributed by atoms with Crippen molar-refractivity contribution in [2.24, 2.45) is 5.92 Å². The fourth-order valence-corrected chi connectivity index (χ4v) is 4.27. The molecule has 5 heterocycles. The van der Waals surface area contributed by atoms with E-state index in [-0.39, 0.29) is 5.82 Å². The minimum atomic E-state index is -0.316. The van der Waals surface area contributed by atoms with E-state index in [0.717, 1.165) is 50.3 Å². The van der Waals surface area contributed by atoms with E-state index in [9.17, 15) is 4.39 Å². The summed E-state index contributed by atoms with van der Waals surface area (Å²) in [5, 5.41) is 11.7. The van der Waals surface area contributed by atoms with Gasteiger partial charge < -0.3 is 10.3 Å². The summed E-state index contributed by atoms with van der Waals surface area (Å²) in [7, 11) is 0. The Morgan fingerprint density at radius 2 is 1.86 bits per heavy atom. The highest BCUT2D eigenvalue weighted by molar-refractivity contribution is 5.99. The van der Waals surface area contributed by atoms with Crippen molar-refractivity contribution in [1.82, 2.24) is 30.1 Å². The zero-order valence-electron chi connectivity index (χ0n) is 20.4. The third-order valence-electron chi connectivity index (χ3n) is 6.38. The number of allylic oxidation sites excluding steroid dienone is 1. The van der Waals surface area contributed by atoms with Gasteiger partial charge in [0, 0.05) is 40.1 Å². The molecule has 6 aromatic rings. The third-order valence-corrected chi connectivity index (χ3v) is 6.38. The molecule has 5 aromatic heterocycles. The van der Waals surface area contributed by atoms with Crippen LogP contribution in [0.4, 0.5) is 10.1 Å². The van der Waals surface area contributed by atoms with Crippen LogP contribution in [0.15, 0.2) is 85.5 Å². The minimum absolute atomic E-state index is 0.303. The normalized spacial score (nSPS) is 11.5. The molecule has 0 unspecified atom stereocenters. The monoisotopic (exact) mass is 489 g/mol. The molecular formula is C29H24FN7. The van der Waals surface area contributed by atoms with E-state index < -0.39 is 0 Å². The Hall–Kier alpha value is -4.85. The molecule has 182 valence electrons. The quantitative estimate of drug-likeness (QED) is 0.235. The van der Waals surface area contributed by atoms with Crippen LogP contribution in [-0.2, 0) is 0 Å². The summed E-state index contributed by atoms with van der Waals surface area (Å²) in [6.45, 7) is 8.25. The summed E-state index contributed by atoms with van der Waals surface area (Å²) < 4.78 is 14.5. The van der Waals surface area contributed by atoms with E-state index in [1.54, 1.807) is 36.8 Å². The van der Waals surface area contributed by atoms with Crippen LogP contribution in [0.1, 0.15) is 13.8 Å². The number of fused-ring (bicyclic) bond motifs is 2.